The van der Waals surface area contributed by atoms with Gasteiger partial charge in [-0.1, -0.05) is 43.5 Å². The Morgan fingerprint density at radius 3 is 2.79 bits per heavy atom. The van der Waals surface area contributed by atoms with Crippen LogP contribution in [0.5, 0.6) is 11.5 Å². The summed E-state index contributed by atoms with van der Waals surface area (Å²) in [4.78, 5) is 16.3. The number of aromatic nitrogens is 1. The van der Waals surface area contributed by atoms with E-state index in [1.54, 1.807) is 0 Å². The third kappa shape index (κ3) is 3.69. The highest BCUT2D eigenvalue weighted by molar-refractivity contribution is 5.86. The van der Waals surface area contributed by atoms with Crippen molar-refractivity contribution < 1.29 is 14.3 Å². The number of H-pyrrole nitrogens is 1. The molecule has 1 aromatic heterocycles. The van der Waals surface area contributed by atoms with E-state index in [0.717, 1.165) is 46.4 Å². The van der Waals surface area contributed by atoms with Crippen LogP contribution < -0.4 is 14.8 Å². The number of aromatic amines is 1. The number of carbonyl (C=O) groups is 1. The second-order valence-electron chi connectivity index (χ2n) is 8.06. The monoisotopic (exact) mass is 390 g/mol. The number of benzene rings is 2. The van der Waals surface area contributed by atoms with E-state index in [1.807, 2.05) is 36.5 Å². The van der Waals surface area contributed by atoms with E-state index in [4.69, 9.17) is 9.47 Å². The van der Waals surface area contributed by atoms with Gasteiger partial charge < -0.3 is 19.8 Å². The molecule has 1 amide bonds. The lowest BCUT2D eigenvalue weighted by atomic mass is 9.87. The molecule has 2 N–H and O–H groups in total. The molecule has 1 aliphatic carbocycles. The van der Waals surface area contributed by atoms with Gasteiger partial charge in [-0.15, -0.1) is 0 Å². The SMILES string of the molecule is O=C(C[C@H](c1ccc2c(c1)OCO2)c1c[nH]c2ccccc12)NC1CCCCC1. The zero-order valence-corrected chi connectivity index (χ0v) is 16.4. The van der Waals surface area contributed by atoms with Crippen molar-refractivity contribution in [2.45, 2.75) is 50.5 Å². The first-order valence-electron chi connectivity index (χ1n) is 10.5. The molecule has 0 saturated heterocycles. The summed E-state index contributed by atoms with van der Waals surface area (Å²) in [6, 6.07) is 14.6. The third-order valence-electron chi connectivity index (χ3n) is 6.16. The Balaban J connectivity index is 1.46. The number of para-hydroxylation sites is 1. The molecule has 2 aliphatic rings. The molecule has 1 saturated carbocycles. The van der Waals surface area contributed by atoms with Crippen molar-refractivity contribution in [3.8, 4) is 11.5 Å². The number of fused-ring (bicyclic) bond motifs is 2. The average molecular weight is 390 g/mol. The van der Waals surface area contributed by atoms with E-state index >= 15 is 0 Å². The van der Waals surface area contributed by atoms with Gasteiger partial charge in [-0.2, -0.15) is 0 Å². The minimum Gasteiger partial charge on any atom is -0.454 e. The fourth-order valence-corrected chi connectivity index (χ4v) is 4.64. The summed E-state index contributed by atoms with van der Waals surface area (Å²) in [5.41, 5.74) is 3.29. The van der Waals surface area contributed by atoms with E-state index in [-0.39, 0.29) is 18.6 Å². The first-order chi connectivity index (χ1) is 14.3. The van der Waals surface area contributed by atoms with Crippen molar-refractivity contribution >= 4 is 16.8 Å². The summed E-state index contributed by atoms with van der Waals surface area (Å²) in [7, 11) is 0. The Bertz CT molecular complexity index is 1020. The predicted octanol–water partition coefficient (Wildman–Crippen LogP) is 4.87. The van der Waals surface area contributed by atoms with Gasteiger partial charge in [0, 0.05) is 35.5 Å². The molecule has 0 radical (unpaired) electrons. The summed E-state index contributed by atoms with van der Waals surface area (Å²) in [5, 5.41) is 4.43. The van der Waals surface area contributed by atoms with Crippen LogP contribution in [0.15, 0.2) is 48.7 Å². The fraction of sp³-hybridized carbons (Fsp3) is 0.375. The second-order valence-corrected chi connectivity index (χ2v) is 8.06. The van der Waals surface area contributed by atoms with Crippen LogP contribution in [0.25, 0.3) is 10.9 Å². The molecule has 5 nitrogen and oxygen atoms in total. The van der Waals surface area contributed by atoms with E-state index in [2.05, 4.69) is 22.4 Å². The minimum absolute atomic E-state index is 0.0516. The molecule has 1 fully saturated rings. The van der Waals surface area contributed by atoms with Crippen molar-refractivity contribution in [2.75, 3.05) is 6.79 Å². The lowest BCUT2D eigenvalue weighted by Gasteiger charge is -2.24. The highest BCUT2D eigenvalue weighted by atomic mass is 16.7. The van der Waals surface area contributed by atoms with E-state index in [9.17, 15) is 4.79 Å². The largest absolute Gasteiger partial charge is 0.454 e. The molecule has 29 heavy (non-hydrogen) atoms. The van der Waals surface area contributed by atoms with Crippen LogP contribution >= 0.6 is 0 Å². The van der Waals surface area contributed by atoms with Crippen LogP contribution in [-0.2, 0) is 4.79 Å². The lowest BCUT2D eigenvalue weighted by molar-refractivity contribution is -0.122. The lowest BCUT2D eigenvalue weighted by Crippen LogP contribution is -2.36. The number of hydrogen-bond acceptors (Lipinski definition) is 3. The van der Waals surface area contributed by atoms with E-state index in [0.29, 0.717) is 12.5 Å². The smallest absolute Gasteiger partial charge is 0.231 e. The number of amides is 1. The van der Waals surface area contributed by atoms with Gasteiger partial charge in [0.2, 0.25) is 12.7 Å². The maximum absolute atomic E-state index is 13.0. The molecule has 0 spiro atoms. The fourth-order valence-electron chi connectivity index (χ4n) is 4.64. The second kappa shape index (κ2) is 7.82. The Labute approximate surface area is 170 Å². The van der Waals surface area contributed by atoms with E-state index < -0.39 is 0 Å². The van der Waals surface area contributed by atoms with Crippen LogP contribution in [0, 0.1) is 0 Å². The van der Waals surface area contributed by atoms with Gasteiger partial charge in [-0.3, -0.25) is 4.79 Å². The van der Waals surface area contributed by atoms with Crippen LogP contribution in [0.1, 0.15) is 55.6 Å². The maximum Gasteiger partial charge on any atom is 0.231 e. The zero-order chi connectivity index (χ0) is 19.6. The summed E-state index contributed by atoms with van der Waals surface area (Å²) in [6.07, 6.45) is 8.33. The van der Waals surface area contributed by atoms with Gasteiger partial charge in [0.15, 0.2) is 11.5 Å². The van der Waals surface area contributed by atoms with Crippen molar-refractivity contribution in [1.82, 2.24) is 10.3 Å². The number of hydrogen-bond donors (Lipinski definition) is 2. The Morgan fingerprint density at radius 2 is 1.90 bits per heavy atom. The highest BCUT2D eigenvalue weighted by Gasteiger charge is 2.25. The predicted molar refractivity (Wildman–Crippen MR) is 112 cm³/mol. The van der Waals surface area contributed by atoms with Gasteiger partial charge in [0.1, 0.15) is 0 Å². The third-order valence-corrected chi connectivity index (χ3v) is 6.16. The van der Waals surface area contributed by atoms with Crippen LogP contribution in [0.2, 0.25) is 0 Å². The Hall–Kier alpha value is -2.95. The Kier molecular flexibility index (Phi) is 4.88. The summed E-state index contributed by atoms with van der Waals surface area (Å²) in [6.45, 7) is 0.249. The number of carbonyl (C=O) groups excluding carboxylic acids is 1. The Morgan fingerprint density at radius 1 is 1.07 bits per heavy atom. The summed E-state index contributed by atoms with van der Waals surface area (Å²) >= 11 is 0. The van der Waals surface area contributed by atoms with Crippen LogP contribution in [-0.4, -0.2) is 23.7 Å². The number of rotatable bonds is 5. The normalized spacial score (nSPS) is 17.4. The first-order valence-corrected chi connectivity index (χ1v) is 10.5. The molecule has 0 bridgehead atoms. The molecule has 5 rings (SSSR count). The van der Waals surface area contributed by atoms with Crippen molar-refractivity contribution in [1.29, 1.82) is 0 Å². The zero-order valence-electron chi connectivity index (χ0n) is 16.4. The molecule has 3 aromatic rings. The number of nitrogens with one attached hydrogen (secondary N) is 2. The topological polar surface area (TPSA) is 63.4 Å². The van der Waals surface area contributed by atoms with Crippen LogP contribution in [0.4, 0.5) is 0 Å². The molecule has 150 valence electrons. The van der Waals surface area contributed by atoms with Gasteiger partial charge in [-0.05, 0) is 42.2 Å². The summed E-state index contributed by atoms with van der Waals surface area (Å²) in [5.74, 6) is 1.58. The van der Waals surface area contributed by atoms with Crippen LogP contribution in [0.3, 0.4) is 0 Å². The summed E-state index contributed by atoms with van der Waals surface area (Å²) < 4.78 is 11.1. The van der Waals surface area contributed by atoms with Gasteiger partial charge in [0.05, 0.1) is 0 Å². The van der Waals surface area contributed by atoms with Crippen molar-refractivity contribution in [3.05, 3.63) is 59.8 Å². The standard InChI is InChI=1S/C24H26N2O3/c27-24(26-17-6-2-1-3-7-17)13-19(16-10-11-22-23(12-16)29-15-28-22)20-14-25-21-9-5-4-8-18(20)21/h4-5,8-12,14,17,19,25H,1-3,6-7,13,15H2,(H,26,27)/t19-/m1/s1. The molecular weight excluding hydrogens is 364 g/mol. The van der Waals surface area contributed by atoms with Gasteiger partial charge >= 0.3 is 0 Å². The quantitative estimate of drug-likeness (QED) is 0.653. The average Bonchev–Trinajstić information content (AvgIpc) is 3.39. The first kappa shape index (κ1) is 18.1. The maximum atomic E-state index is 13.0. The van der Waals surface area contributed by atoms with Crippen molar-refractivity contribution in [3.63, 3.8) is 0 Å². The molecular formula is C24H26N2O3. The highest BCUT2D eigenvalue weighted by Crippen LogP contribution is 2.39. The molecule has 2 heterocycles. The molecule has 1 atom stereocenters. The molecule has 1 aliphatic heterocycles. The molecule has 2 aromatic carbocycles. The number of ether oxygens (including phenoxy) is 2. The van der Waals surface area contributed by atoms with Gasteiger partial charge in [-0.25, -0.2) is 0 Å². The van der Waals surface area contributed by atoms with Gasteiger partial charge in [0.25, 0.3) is 0 Å². The molecule has 5 heteroatoms. The minimum atomic E-state index is -0.0516. The molecule has 0 unspecified atom stereocenters. The van der Waals surface area contributed by atoms with Crippen molar-refractivity contribution in [2.24, 2.45) is 0 Å². The van der Waals surface area contributed by atoms with E-state index in [1.165, 1.54) is 19.3 Å².